The van der Waals surface area contributed by atoms with Crippen molar-refractivity contribution in [1.29, 1.82) is 0 Å². The summed E-state index contributed by atoms with van der Waals surface area (Å²) in [5.74, 6) is 0. The zero-order valence-electron chi connectivity index (χ0n) is 9.04. The van der Waals surface area contributed by atoms with Crippen molar-refractivity contribution in [2.45, 2.75) is 25.0 Å². The lowest BCUT2D eigenvalue weighted by Crippen LogP contribution is -2.17. The van der Waals surface area contributed by atoms with Gasteiger partial charge < -0.3 is 9.84 Å². The number of aliphatic hydroxyl groups excluding tert-OH is 1. The highest BCUT2D eigenvalue weighted by Gasteiger charge is 2.28. The van der Waals surface area contributed by atoms with E-state index in [0.29, 0.717) is 5.65 Å². The van der Waals surface area contributed by atoms with Gasteiger partial charge in [-0.15, -0.1) is 0 Å². The lowest BCUT2D eigenvalue weighted by molar-refractivity contribution is 0.0115. The van der Waals surface area contributed by atoms with Gasteiger partial charge in [-0.25, -0.2) is 9.78 Å². The maximum Gasteiger partial charge on any atom is 0.349 e. The van der Waals surface area contributed by atoms with E-state index in [1.54, 1.807) is 6.20 Å². The minimum atomic E-state index is -0.321. The monoisotopic (exact) mass is 236 g/mol. The fraction of sp³-hybridized carbons (Fsp3) is 0.500. The lowest BCUT2D eigenvalue weighted by Gasteiger charge is -2.09. The van der Waals surface area contributed by atoms with Crippen LogP contribution in [-0.4, -0.2) is 37.4 Å². The molecule has 1 aliphatic heterocycles. The smallest absolute Gasteiger partial charge is 0.349 e. The van der Waals surface area contributed by atoms with Crippen molar-refractivity contribution in [3.05, 3.63) is 28.6 Å². The van der Waals surface area contributed by atoms with Gasteiger partial charge in [0, 0.05) is 5.56 Å². The second-order valence-electron chi connectivity index (χ2n) is 4.05. The van der Waals surface area contributed by atoms with Gasteiger partial charge in [0.1, 0.15) is 0 Å². The van der Waals surface area contributed by atoms with Crippen molar-refractivity contribution >= 4 is 5.65 Å². The maximum atomic E-state index is 11.5. The molecule has 0 bridgehead atoms. The average molecular weight is 236 g/mol. The Hall–Kier alpha value is -1.73. The number of nitrogens with one attached hydrogen (secondary N) is 1. The highest BCUT2D eigenvalue weighted by Crippen LogP contribution is 2.33. The molecule has 0 radical (unpaired) electrons. The SMILES string of the molecule is O=c1[nH]cnc2c([C@H]3CC[C@@H](CO)O3)cnn12. The molecule has 0 aliphatic carbocycles. The summed E-state index contributed by atoms with van der Waals surface area (Å²) in [4.78, 5) is 18.0. The van der Waals surface area contributed by atoms with Crippen LogP contribution in [0.4, 0.5) is 0 Å². The van der Waals surface area contributed by atoms with Crippen LogP contribution in [0.15, 0.2) is 17.3 Å². The Balaban J connectivity index is 2.02. The first-order valence-corrected chi connectivity index (χ1v) is 5.47. The van der Waals surface area contributed by atoms with Gasteiger partial charge >= 0.3 is 5.69 Å². The Kier molecular flexibility index (Phi) is 2.41. The highest BCUT2D eigenvalue weighted by molar-refractivity contribution is 5.46. The van der Waals surface area contributed by atoms with Gasteiger partial charge in [-0.1, -0.05) is 0 Å². The molecule has 17 heavy (non-hydrogen) atoms. The number of ether oxygens (including phenoxy) is 1. The second-order valence-corrected chi connectivity index (χ2v) is 4.05. The number of H-pyrrole nitrogens is 1. The number of aliphatic hydroxyl groups is 1. The summed E-state index contributed by atoms with van der Waals surface area (Å²) in [7, 11) is 0. The molecule has 7 nitrogen and oxygen atoms in total. The van der Waals surface area contributed by atoms with Crippen LogP contribution < -0.4 is 5.69 Å². The van der Waals surface area contributed by atoms with Gasteiger partial charge in [-0.05, 0) is 12.8 Å². The Morgan fingerprint density at radius 2 is 2.47 bits per heavy atom. The Morgan fingerprint density at radius 1 is 1.59 bits per heavy atom. The molecule has 0 aromatic carbocycles. The van der Waals surface area contributed by atoms with E-state index in [9.17, 15) is 4.79 Å². The normalized spacial score (nSPS) is 24.5. The molecule has 0 unspecified atom stereocenters. The molecule has 1 fully saturated rings. The number of fused-ring (bicyclic) bond motifs is 1. The van der Waals surface area contributed by atoms with Crippen molar-refractivity contribution < 1.29 is 9.84 Å². The molecule has 0 saturated carbocycles. The molecule has 1 saturated heterocycles. The number of aromatic nitrogens is 4. The molecule has 3 rings (SSSR count). The van der Waals surface area contributed by atoms with Gasteiger partial charge in [0.2, 0.25) is 0 Å². The van der Waals surface area contributed by atoms with E-state index >= 15 is 0 Å². The number of hydrogen-bond acceptors (Lipinski definition) is 5. The van der Waals surface area contributed by atoms with Gasteiger partial charge in [0.15, 0.2) is 5.65 Å². The molecule has 2 aromatic rings. The van der Waals surface area contributed by atoms with E-state index in [1.807, 2.05) is 0 Å². The predicted octanol–water partition coefficient (Wildman–Crippen LogP) is -0.370. The van der Waals surface area contributed by atoms with Crippen LogP contribution >= 0.6 is 0 Å². The summed E-state index contributed by atoms with van der Waals surface area (Å²) in [5.41, 5.74) is 0.988. The third-order valence-electron chi connectivity index (χ3n) is 3.00. The summed E-state index contributed by atoms with van der Waals surface area (Å²) in [6.07, 6.45) is 4.29. The minimum Gasteiger partial charge on any atom is -0.394 e. The molecular weight excluding hydrogens is 224 g/mol. The maximum absolute atomic E-state index is 11.5. The Bertz CT molecular complexity index is 590. The van der Waals surface area contributed by atoms with Crippen LogP contribution in [0.25, 0.3) is 5.65 Å². The first-order chi connectivity index (χ1) is 8.29. The fourth-order valence-electron chi connectivity index (χ4n) is 2.14. The van der Waals surface area contributed by atoms with Crippen LogP contribution in [-0.2, 0) is 4.74 Å². The number of hydrogen-bond donors (Lipinski definition) is 2. The molecule has 1 aliphatic rings. The first kappa shape index (κ1) is 10.4. The molecule has 2 atom stereocenters. The molecule has 2 N–H and O–H groups in total. The second kappa shape index (κ2) is 3.94. The summed E-state index contributed by atoms with van der Waals surface area (Å²) in [6, 6.07) is 0. The first-order valence-electron chi connectivity index (χ1n) is 5.47. The zero-order valence-corrected chi connectivity index (χ0v) is 9.04. The van der Waals surface area contributed by atoms with E-state index in [2.05, 4.69) is 15.1 Å². The summed E-state index contributed by atoms with van der Waals surface area (Å²) in [6.45, 7) is 0.0176. The molecule has 3 heterocycles. The summed E-state index contributed by atoms with van der Waals surface area (Å²) >= 11 is 0. The Morgan fingerprint density at radius 3 is 3.24 bits per heavy atom. The van der Waals surface area contributed by atoms with Crippen LogP contribution in [0, 0.1) is 0 Å². The molecule has 2 aromatic heterocycles. The van der Waals surface area contributed by atoms with Crippen LogP contribution in [0.5, 0.6) is 0 Å². The van der Waals surface area contributed by atoms with Gasteiger partial charge in [0.05, 0.1) is 31.3 Å². The fourth-order valence-corrected chi connectivity index (χ4v) is 2.14. The van der Waals surface area contributed by atoms with E-state index in [-0.39, 0.29) is 24.5 Å². The van der Waals surface area contributed by atoms with Crippen LogP contribution in [0.1, 0.15) is 24.5 Å². The minimum absolute atomic E-state index is 0.0176. The molecule has 7 heteroatoms. The van der Waals surface area contributed by atoms with Crippen molar-refractivity contribution in [3.63, 3.8) is 0 Å². The lowest BCUT2D eigenvalue weighted by atomic mass is 10.1. The zero-order chi connectivity index (χ0) is 11.8. The molecule has 0 spiro atoms. The third-order valence-corrected chi connectivity index (χ3v) is 3.00. The largest absolute Gasteiger partial charge is 0.394 e. The predicted molar refractivity (Wildman–Crippen MR) is 57.5 cm³/mol. The van der Waals surface area contributed by atoms with E-state index in [0.717, 1.165) is 18.4 Å². The number of nitrogens with zero attached hydrogens (tertiary/aromatic N) is 3. The molecule has 0 amide bonds. The van der Waals surface area contributed by atoms with E-state index in [1.165, 1.54) is 10.8 Å². The summed E-state index contributed by atoms with van der Waals surface area (Å²) < 4.78 is 6.86. The van der Waals surface area contributed by atoms with Gasteiger partial charge in [-0.3, -0.25) is 4.98 Å². The standard InChI is InChI=1S/C10H12N4O3/c15-4-6-1-2-8(17-6)7-3-13-14-9(7)11-5-12-10(14)16/h3,5-6,8,15H,1-2,4H2,(H,11,12,16)/t6-,8+/m0/s1. The van der Waals surface area contributed by atoms with Gasteiger partial charge in [-0.2, -0.15) is 9.61 Å². The van der Waals surface area contributed by atoms with Gasteiger partial charge in [0.25, 0.3) is 0 Å². The van der Waals surface area contributed by atoms with Crippen LogP contribution in [0.3, 0.4) is 0 Å². The summed E-state index contributed by atoms with van der Waals surface area (Å²) in [5, 5.41) is 13.0. The van der Waals surface area contributed by atoms with Crippen molar-refractivity contribution in [1.82, 2.24) is 19.6 Å². The molecule has 90 valence electrons. The highest BCUT2D eigenvalue weighted by atomic mass is 16.5. The third kappa shape index (κ3) is 1.63. The van der Waals surface area contributed by atoms with Crippen molar-refractivity contribution in [2.75, 3.05) is 6.61 Å². The topological polar surface area (TPSA) is 92.5 Å². The van der Waals surface area contributed by atoms with Crippen molar-refractivity contribution in [2.24, 2.45) is 0 Å². The average Bonchev–Trinajstić information content (AvgIpc) is 2.94. The Labute approximate surface area is 96.1 Å². The molecular formula is C10H12N4O3. The van der Waals surface area contributed by atoms with Crippen LogP contribution in [0.2, 0.25) is 0 Å². The number of aromatic amines is 1. The number of rotatable bonds is 2. The van der Waals surface area contributed by atoms with E-state index < -0.39 is 0 Å². The van der Waals surface area contributed by atoms with E-state index in [4.69, 9.17) is 9.84 Å². The quantitative estimate of drug-likeness (QED) is 0.742. The van der Waals surface area contributed by atoms with Crippen molar-refractivity contribution in [3.8, 4) is 0 Å².